The molecule has 1 aliphatic heterocycles. The van der Waals surface area contributed by atoms with Gasteiger partial charge < -0.3 is 15.2 Å². The van der Waals surface area contributed by atoms with Crippen LogP contribution in [0.15, 0.2) is 48.5 Å². The zero-order chi connectivity index (χ0) is 21.1. The highest BCUT2D eigenvalue weighted by Crippen LogP contribution is 2.17. The minimum absolute atomic E-state index is 0.0169. The summed E-state index contributed by atoms with van der Waals surface area (Å²) >= 11 is 0. The molecule has 2 aromatic carbocycles. The molecule has 0 radical (unpaired) electrons. The summed E-state index contributed by atoms with van der Waals surface area (Å²) in [6.45, 7) is 4.70. The van der Waals surface area contributed by atoms with E-state index in [1.165, 1.54) is 6.07 Å². The summed E-state index contributed by atoms with van der Waals surface area (Å²) in [4.78, 5) is 32.0. The monoisotopic (exact) mass is 408 g/mol. The predicted octanol–water partition coefficient (Wildman–Crippen LogP) is 2.69. The highest BCUT2D eigenvalue weighted by Gasteiger charge is 2.24. The molecule has 1 aliphatic rings. The van der Waals surface area contributed by atoms with Crippen LogP contribution < -0.4 is 5.32 Å². The first-order chi connectivity index (χ1) is 14.5. The Morgan fingerprint density at radius 3 is 2.57 bits per heavy atom. The third kappa shape index (κ3) is 4.52. The van der Waals surface area contributed by atoms with Crippen LogP contribution in [0.25, 0.3) is 10.9 Å². The smallest absolute Gasteiger partial charge is 0.270 e. The Kier molecular flexibility index (Phi) is 5.81. The zero-order valence-corrected chi connectivity index (χ0v) is 17.0. The molecular formula is C23H25FN4O2. The highest BCUT2D eigenvalue weighted by atomic mass is 19.1. The standard InChI is InChI=1S/C23H25FN4O2/c1-16-6-7-17(12-19(16)24)14-25-22(29)15-27-8-10-28(11-9-27)23(30)21-13-18-4-2-3-5-20(18)26-21/h2-7,12-13,26H,8-11,14-15H2,1H3,(H,25,29). The van der Waals surface area contributed by atoms with E-state index in [1.807, 2.05) is 46.2 Å². The third-order valence-corrected chi connectivity index (χ3v) is 5.51. The van der Waals surface area contributed by atoms with E-state index >= 15 is 0 Å². The summed E-state index contributed by atoms with van der Waals surface area (Å²) in [5.74, 6) is -0.388. The van der Waals surface area contributed by atoms with Crippen molar-refractivity contribution in [2.45, 2.75) is 13.5 Å². The van der Waals surface area contributed by atoms with Crippen molar-refractivity contribution in [2.24, 2.45) is 0 Å². The first kappa shape index (κ1) is 20.1. The Hall–Kier alpha value is -3.19. The second kappa shape index (κ2) is 8.67. The highest BCUT2D eigenvalue weighted by molar-refractivity contribution is 5.98. The molecule has 4 rings (SSSR count). The number of carbonyl (C=O) groups is 2. The maximum absolute atomic E-state index is 13.6. The first-order valence-electron chi connectivity index (χ1n) is 10.1. The lowest BCUT2D eigenvalue weighted by atomic mass is 10.1. The maximum atomic E-state index is 13.6. The number of fused-ring (bicyclic) bond motifs is 1. The molecule has 30 heavy (non-hydrogen) atoms. The maximum Gasteiger partial charge on any atom is 0.270 e. The Balaban J connectivity index is 1.25. The molecule has 0 bridgehead atoms. The second-order valence-corrected chi connectivity index (χ2v) is 7.70. The number of nitrogens with zero attached hydrogens (tertiary/aromatic N) is 2. The quantitative estimate of drug-likeness (QED) is 0.682. The van der Waals surface area contributed by atoms with Gasteiger partial charge in [-0.15, -0.1) is 0 Å². The SMILES string of the molecule is Cc1ccc(CNC(=O)CN2CCN(C(=O)c3cc4ccccc4[nH]3)CC2)cc1F. The number of nitrogens with one attached hydrogen (secondary N) is 2. The second-order valence-electron chi connectivity index (χ2n) is 7.70. The first-order valence-corrected chi connectivity index (χ1v) is 10.1. The molecule has 7 heteroatoms. The van der Waals surface area contributed by atoms with Gasteiger partial charge in [0.15, 0.2) is 0 Å². The van der Waals surface area contributed by atoms with Gasteiger partial charge in [-0.05, 0) is 36.2 Å². The minimum Gasteiger partial charge on any atom is -0.351 e. The van der Waals surface area contributed by atoms with E-state index in [1.54, 1.807) is 13.0 Å². The number of H-pyrrole nitrogens is 1. The predicted molar refractivity (Wildman–Crippen MR) is 114 cm³/mol. The number of benzene rings is 2. The lowest BCUT2D eigenvalue weighted by Gasteiger charge is -2.34. The molecule has 2 N–H and O–H groups in total. The number of halogens is 1. The van der Waals surface area contributed by atoms with Crippen molar-refractivity contribution in [3.63, 3.8) is 0 Å². The molecule has 156 valence electrons. The van der Waals surface area contributed by atoms with Crippen molar-refractivity contribution in [3.8, 4) is 0 Å². The van der Waals surface area contributed by atoms with Crippen LogP contribution in [0.5, 0.6) is 0 Å². The summed E-state index contributed by atoms with van der Waals surface area (Å²) in [7, 11) is 0. The van der Waals surface area contributed by atoms with Crippen LogP contribution >= 0.6 is 0 Å². The van der Waals surface area contributed by atoms with Gasteiger partial charge >= 0.3 is 0 Å². The number of amides is 2. The average Bonchev–Trinajstić information content (AvgIpc) is 3.19. The molecule has 1 aromatic heterocycles. The van der Waals surface area contributed by atoms with Crippen molar-refractivity contribution in [1.82, 2.24) is 20.1 Å². The van der Waals surface area contributed by atoms with Gasteiger partial charge in [-0.1, -0.05) is 30.3 Å². The van der Waals surface area contributed by atoms with Crippen molar-refractivity contribution in [1.29, 1.82) is 0 Å². The fraction of sp³-hybridized carbons (Fsp3) is 0.304. The van der Waals surface area contributed by atoms with E-state index in [-0.39, 0.29) is 24.2 Å². The molecule has 3 aromatic rings. The van der Waals surface area contributed by atoms with Gasteiger partial charge in [0.1, 0.15) is 11.5 Å². The molecule has 0 atom stereocenters. The number of hydrogen-bond donors (Lipinski definition) is 2. The van der Waals surface area contributed by atoms with Gasteiger partial charge in [0.2, 0.25) is 5.91 Å². The van der Waals surface area contributed by atoms with Crippen LogP contribution in [0.3, 0.4) is 0 Å². The Labute approximate surface area is 174 Å². The van der Waals surface area contributed by atoms with Crippen molar-refractivity contribution in [2.75, 3.05) is 32.7 Å². The van der Waals surface area contributed by atoms with Crippen LogP contribution in [0.1, 0.15) is 21.6 Å². The molecule has 0 unspecified atom stereocenters. The largest absolute Gasteiger partial charge is 0.351 e. The molecule has 0 spiro atoms. The number of piperazine rings is 1. The molecule has 1 fully saturated rings. The molecule has 2 heterocycles. The summed E-state index contributed by atoms with van der Waals surface area (Å²) in [5, 5.41) is 3.85. The molecule has 2 amide bonds. The minimum atomic E-state index is -0.266. The molecular weight excluding hydrogens is 383 g/mol. The molecule has 1 saturated heterocycles. The van der Waals surface area contributed by atoms with Crippen LogP contribution in [0.2, 0.25) is 0 Å². The number of carbonyl (C=O) groups excluding carboxylic acids is 2. The Morgan fingerprint density at radius 1 is 1.07 bits per heavy atom. The van der Waals surface area contributed by atoms with Gasteiger partial charge in [0.25, 0.3) is 5.91 Å². The summed E-state index contributed by atoms with van der Waals surface area (Å²) in [6, 6.07) is 14.7. The normalized spacial score (nSPS) is 14.8. The van der Waals surface area contributed by atoms with Gasteiger partial charge in [-0.2, -0.15) is 0 Å². The van der Waals surface area contributed by atoms with E-state index in [4.69, 9.17) is 0 Å². The van der Waals surface area contributed by atoms with Gasteiger partial charge in [0, 0.05) is 43.6 Å². The number of aryl methyl sites for hydroxylation is 1. The number of aromatic amines is 1. The fourth-order valence-electron chi connectivity index (χ4n) is 3.67. The van der Waals surface area contributed by atoms with Crippen LogP contribution in [-0.4, -0.2) is 59.3 Å². The summed E-state index contributed by atoms with van der Waals surface area (Å²) < 4.78 is 13.6. The van der Waals surface area contributed by atoms with E-state index in [2.05, 4.69) is 10.3 Å². The van der Waals surface area contributed by atoms with Gasteiger partial charge in [-0.3, -0.25) is 14.5 Å². The van der Waals surface area contributed by atoms with E-state index < -0.39 is 0 Å². The lowest BCUT2D eigenvalue weighted by Crippen LogP contribution is -2.51. The van der Waals surface area contributed by atoms with Crippen molar-refractivity contribution in [3.05, 3.63) is 71.2 Å². The zero-order valence-electron chi connectivity index (χ0n) is 17.0. The van der Waals surface area contributed by atoms with Crippen molar-refractivity contribution < 1.29 is 14.0 Å². The number of rotatable bonds is 5. The van der Waals surface area contributed by atoms with Gasteiger partial charge in [0.05, 0.1) is 6.54 Å². The van der Waals surface area contributed by atoms with E-state index in [0.29, 0.717) is 44.0 Å². The van der Waals surface area contributed by atoms with Crippen LogP contribution in [0.4, 0.5) is 4.39 Å². The summed E-state index contributed by atoms with van der Waals surface area (Å²) in [6.07, 6.45) is 0. The molecule has 0 aliphatic carbocycles. The van der Waals surface area contributed by atoms with E-state index in [9.17, 15) is 14.0 Å². The van der Waals surface area contributed by atoms with Gasteiger partial charge in [-0.25, -0.2) is 4.39 Å². The lowest BCUT2D eigenvalue weighted by molar-refractivity contribution is -0.122. The van der Waals surface area contributed by atoms with Crippen LogP contribution in [-0.2, 0) is 11.3 Å². The molecule has 0 saturated carbocycles. The van der Waals surface area contributed by atoms with Crippen molar-refractivity contribution >= 4 is 22.7 Å². The van der Waals surface area contributed by atoms with E-state index in [0.717, 1.165) is 16.5 Å². The fourth-order valence-corrected chi connectivity index (χ4v) is 3.67. The number of aromatic nitrogens is 1. The Bertz CT molecular complexity index is 1040. The molecule has 6 nitrogen and oxygen atoms in total. The summed E-state index contributed by atoms with van der Waals surface area (Å²) in [5.41, 5.74) is 2.86. The number of para-hydroxylation sites is 1. The number of hydrogen-bond acceptors (Lipinski definition) is 3. The third-order valence-electron chi connectivity index (χ3n) is 5.51. The topological polar surface area (TPSA) is 68.4 Å². The average molecular weight is 408 g/mol. The van der Waals surface area contributed by atoms with Crippen LogP contribution in [0, 0.1) is 12.7 Å². The Morgan fingerprint density at radius 2 is 1.83 bits per heavy atom.